The predicted octanol–water partition coefficient (Wildman–Crippen LogP) is 5.82. The normalized spacial score (nSPS) is 13.7. The molecule has 0 saturated carbocycles. The molecule has 0 fully saturated rings. The van der Waals surface area contributed by atoms with Gasteiger partial charge in [-0.05, 0) is 34.7 Å². The molecule has 0 radical (unpaired) electrons. The average Bonchev–Trinajstić information content (AvgIpc) is 2.13. The standard InChI is InChI=1S/C18H30/c1-16(2,3)13-18(7,14-17(4,5)6)15-11-9-8-10-12-15/h8-12H,13-14H2,1-7H3. The van der Waals surface area contributed by atoms with Gasteiger partial charge in [-0.3, -0.25) is 0 Å². The van der Waals surface area contributed by atoms with E-state index < -0.39 is 0 Å². The largest absolute Gasteiger partial charge is 0.0622 e. The van der Waals surface area contributed by atoms with Crippen molar-refractivity contribution in [2.24, 2.45) is 10.8 Å². The number of rotatable bonds is 3. The molecule has 0 aliphatic heterocycles. The molecule has 0 saturated heterocycles. The molecule has 0 heteroatoms. The summed E-state index contributed by atoms with van der Waals surface area (Å²) >= 11 is 0. The molecule has 1 aromatic rings. The summed E-state index contributed by atoms with van der Waals surface area (Å²) in [5.41, 5.74) is 2.46. The zero-order chi connectivity index (χ0) is 14.0. The van der Waals surface area contributed by atoms with Crippen molar-refractivity contribution in [1.82, 2.24) is 0 Å². The molecular weight excluding hydrogens is 216 g/mol. The van der Waals surface area contributed by atoms with E-state index in [9.17, 15) is 0 Å². The van der Waals surface area contributed by atoms with Crippen LogP contribution < -0.4 is 0 Å². The molecule has 0 spiro atoms. The minimum atomic E-state index is 0.262. The monoisotopic (exact) mass is 246 g/mol. The maximum Gasteiger partial charge on any atom is -0.00653 e. The van der Waals surface area contributed by atoms with Crippen LogP contribution in [0.25, 0.3) is 0 Å². The van der Waals surface area contributed by atoms with Crippen LogP contribution in [0.4, 0.5) is 0 Å². The van der Waals surface area contributed by atoms with Gasteiger partial charge in [0.25, 0.3) is 0 Å². The van der Waals surface area contributed by atoms with E-state index in [-0.39, 0.29) is 5.41 Å². The van der Waals surface area contributed by atoms with Crippen LogP contribution in [0.2, 0.25) is 0 Å². The molecule has 0 atom stereocenters. The van der Waals surface area contributed by atoms with Gasteiger partial charge < -0.3 is 0 Å². The lowest BCUT2D eigenvalue weighted by Gasteiger charge is -2.40. The van der Waals surface area contributed by atoms with Crippen molar-refractivity contribution in [1.29, 1.82) is 0 Å². The molecular formula is C18H30. The summed E-state index contributed by atoms with van der Waals surface area (Å²) in [5.74, 6) is 0. The Labute approximate surface area is 114 Å². The molecule has 1 rings (SSSR count). The van der Waals surface area contributed by atoms with Crippen LogP contribution in [0.1, 0.15) is 66.9 Å². The molecule has 18 heavy (non-hydrogen) atoms. The van der Waals surface area contributed by atoms with Gasteiger partial charge in [0.1, 0.15) is 0 Å². The minimum absolute atomic E-state index is 0.262. The van der Waals surface area contributed by atoms with Crippen molar-refractivity contribution in [3.8, 4) is 0 Å². The highest BCUT2D eigenvalue weighted by atomic mass is 14.4. The summed E-state index contributed by atoms with van der Waals surface area (Å²) in [4.78, 5) is 0. The van der Waals surface area contributed by atoms with Gasteiger partial charge in [-0.1, -0.05) is 78.8 Å². The highest BCUT2D eigenvalue weighted by molar-refractivity contribution is 5.25. The van der Waals surface area contributed by atoms with Crippen molar-refractivity contribution in [3.63, 3.8) is 0 Å². The molecule has 102 valence electrons. The van der Waals surface area contributed by atoms with E-state index in [1.165, 1.54) is 18.4 Å². The second kappa shape index (κ2) is 5.07. The van der Waals surface area contributed by atoms with E-state index >= 15 is 0 Å². The lowest BCUT2D eigenvalue weighted by molar-refractivity contribution is 0.194. The van der Waals surface area contributed by atoms with E-state index in [0.29, 0.717) is 10.8 Å². The van der Waals surface area contributed by atoms with Crippen molar-refractivity contribution in [2.45, 2.75) is 66.7 Å². The first-order valence-corrected chi connectivity index (χ1v) is 7.07. The Hall–Kier alpha value is -0.780. The second-order valence-corrected chi connectivity index (χ2v) is 8.40. The lowest BCUT2D eigenvalue weighted by atomic mass is 9.64. The molecule has 0 aromatic heterocycles. The van der Waals surface area contributed by atoms with Gasteiger partial charge in [0.05, 0.1) is 0 Å². The van der Waals surface area contributed by atoms with Crippen molar-refractivity contribution < 1.29 is 0 Å². The van der Waals surface area contributed by atoms with Crippen molar-refractivity contribution in [2.75, 3.05) is 0 Å². The molecule has 0 N–H and O–H groups in total. The summed E-state index contributed by atoms with van der Waals surface area (Å²) in [6.07, 6.45) is 2.45. The van der Waals surface area contributed by atoms with Crippen LogP contribution in [-0.2, 0) is 5.41 Å². The third kappa shape index (κ3) is 4.84. The quantitative estimate of drug-likeness (QED) is 0.630. The van der Waals surface area contributed by atoms with Crippen molar-refractivity contribution in [3.05, 3.63) is 35.9 Å². The minimum Gasteiger partial charge on any atom is -0.0622 e. The Balaban J connectivity index is 3.09. The van der Waals surface area contributed by atoms with E-state index in [1.807, 2.05) is 0 Å². The fourth-order valence-corrected chi connectivity index (χ4v) is 3.45. The molecule has 0 aliphatic rings. The molecule has 0 nitrogen and oxygen atoms in total. The first-order valence-electron chi connectivity index (χ1n) is 7.07. The number of hydrogen-bond donors (Lipinski definition) is 0. The van der Waals surface area contributed by atoms with Crippen LogP contribution in [0.15, 0.2) is 30.3 Å². The van der Waals surface area contributed by atoms with Gasteiger partial charge in [-0.15, -0.1) is 0 Å². The maximum absolute atomic E-state index is 2.43. The van der Waals surface area contributed by atoms with Crippen LogP contribution >= 0.6 is 0 Å². The van der Waals surface area contributed by atoms with Gasteiger partial charge >= 0.3 is 0 Å². The van der Waals surface area contributed by atoms with Crippen LogP contribution in [-0.4, -0.2) is 0 Å². The molecule has 0 heterocycles. The maximum atomic E-state index is 2.43. The fourth-order valence-electron chi connectivity index (χ4n) is 3.45. The summed E-state index contributed by atoms with van der Waals surface area (Å²) in [6.45, 7) is 16.5. The highest BCUT2D eigenvalue weighted by Crippen LogP contribution is 2.44. The first kappa shape index (κ1) is 15.3. The van der Waals surface area contributed by atoms with E-state index in [0.717, 1.165) is 0 Å². The van der Waals surface area contributed by atoms with Gasteiger partial charge in [0.15, 0.2) is 0 Å². The molecule has 0 amide bonds. The number of hydrogen-bond acceptors (Lipinski definition) is 0. The van der Waals surface area contributed by atoms with E-state index in [1.54, 1.807) is 0 Å². The SMILES string of the molecule is CC(C)(C)CC(C)(CC(C)(C)C)c1ccccc1. The summed E-state index contributed by atoms with van der Waals surface area (Å²) in [7, 11) is 0. The van der Waals surface area contributed by atoms with Gasteiger partial charge in [-0.2, -0.15) is 0 Å². The average molecular weight is 246 g/mol. The Morgan fingerprint density at radius 3 is 1.39 bits per heavy atom. The van der Waals surface area contributed by atoms with Gasteiger partial charge in [-0.25, -0.2) is 0 Å². The zero-order valence-electron chi connectivity index (χ0n) is 13.3. The van der Waals surface area contributed by atoms with Crippen LogP contribution in [0.5, 0.6) is 0 Å². The molecule has 0 aliphatic carbocycles. The van der Waals surface area contributed by atoms with Crippen molar-refractivity contribution >= 4 is 0 Å². The molecule has 0 unspecified atom stereocenters. The summed E-state index contributed by atoms with van der Waals surface area (Å²) < 4.78 is 0. The van der Waals surface area contributed by atoms with E-state index in [4.69, 9.17) is 0 Å². The third-order valence-corrected chi connectivity index (χ3v) is 3.31. The van der Waals surface area contributed by atoms with Gasteiger partial charge in [0.2, 0.25) is 0 Å². The topological polar surface area (TPSA) is 0 Å². The number of benzene rings is 1. The highest BCUT2D eigenvalue weighted by Gasteiger charge is 2.35. The summed E-state index contributed by atoms with van der Waals surface area (Å²) in [6, 6.07) is 11.0. The lowest BCUT2D eigenvalue weighted by Crippen LogP contribution is -2.32. The molecule has 0 bridgehead atoms. The predicted molar refractivity (Wildman–Crippen MR) is 81.9 cm³/mol. The first-order chi connectivity index (χ1) is 8.02. The third-order valence-electron chi connectivity index (χ3n) is 3.31. The Morgan fingerprint density at radius 1 is 0.667 bits per heavy atom. The molecule has 1 aromatic carbocycles. The second-order valence-electron chi connectivity index (χ2n) is 8.40. The van der Waals surface area contributed by atoms with Gasteiger partial charge in [0, 0.05) is 0 Å². The Bertz CT molecular complexity index is 343. The fraction of sp³-hybridized carbons (Fsp3) is 0.667. The smallest absolute Gasteiger partial charge is 0.00653 e. The zero-order valence-corrected chi connectivity index (χ0v) is 13.3. The van der Waals surface area contributed by atoms with Crippen LogP contribution in [0, 0.1) is 10.8 Å². The van der Waals surface area contributed by atoms with Crippen LogP contribution in [0.3, 0.4) is 0 Å². The summed E-state index contributed by atoms with van der Waals surface area (Å²) in [5, 5.41) is 0. The van der Waals surface area contributed by atoms with E-state index in [2.05, 4.69) is 78.8 Å². The Morgan fingerprint density at radius 2 is 1.06 bits per heavy atom. The Kier molecular flexibility index (Phi) is 4.30.